The van der Waals surface area contributed by atoms with Gasteiger partial charge < -0.3 is 5.32 Å². The van der Waals surface area contributed by atoms with E-state index in [4.69, 9.17) is 11.6 Å². The second-order valence-electron chi connectivity index (χ2n) is 18.6. The lowest BCUT2D eigenvalue weighted by Gasteiger charge is -2.42. The van der Waals surface area contributed by atoms with E-state index in [-0.39, 0.29) is 27.1 Å². The van der Waals surface area contributed by atoms with Crippen molar-refractivity contribution in [1.29, 1.82) is 0 Å². The van der Waals surface area contributed by atoms with Gasteiger partial charge in [-0.2, -0.15) is 0 Å². The smallest absolute Gasteiger partial charge is 0.263 e. The minimum absolute atomic E-state index is 0.0428. The van der Waals surface area contributed by atoms with E-state index in [1.165, 1.54) is 36.0 Å². The third-order valence-corrected chi connectivity index (χ3v) is 17.8. The second-order valence-corrected chi connectivity index (χ2v) is 24.4. The van der Waals surface area contributed by atoms with Crippen LogP contribution in [0.1, 0.15) is 96.9 Å². The molecule has 7 rings (SSSR count). The summed E-state index contributed by atoms with van der Waals surface area (Å²) in [7, 11) is -8.17. The molecule has 1 atom stereocenters. The van der Waals surface area contributed by atoms with Crippen molar-refractivity contribution in [3.8, 4) is 0 Å². The number of hydrogen-bond donors (Lipinski definition) is 2. The average molecular weight is 906 g/mol. The lowest BCUT2D eigenvalue weighted by atomic mass is 9.72. The number of nitrogens with zero attached hydrogens (tertiary/aromatic N) is 4. The fraction of sp³-hybridized carbons (Fsp3) is 0.489. The Morgan fingerprint density at radius 1 is 0.934 bits per heavy atom. The highest BCUT2D eigenvalue weighted by molar-refractivity contribution is 7.99. The number of hydrogen-bond acceptors (Lipinski definition) is 10. The summed E-state index contributed by atoms with van der Waals surface area (Å²) >= 11 is 7.92. The van der Waals surface area contributed by atoms with Crippen LogP contribution in [0, 0.1) is 5.41 Å². The van der Waals surface area contributed by atoms with Gasteiger partial charge in [-0.05, 0) is 138 Å². The largest absolute Gasteiger partial charge is 0.380 e. The topological polar surface area (TPSA) is 125 Å². The molecule has 1 fully saturated rings. The zero-order valence-electron chi connectivity index (χ0n) is 36.4. The third kappa shape index (κ3) is 10.8. The summed E-state index contributed by atoms with van der Waals surface area (Å²) in [6.45, 7) is 16.1. The molecule has 0 radical (unpaired) electrons. The highest BCUT2D eigenvalue weighted by Crippen LogP contribution is 2.43. The molecular weight excluding hydrogens is 844 g/mol. The van der Waals surface area contributed by atoms with Gasteiger partial charge in [-0.1, -0.05) is 68.3 Å². The van der Waals surface area contributed by atoms with Gasteiger partial charge in [-0.15, -0.1) is 11.8 Å². The summed E-state index contributed by atoms with van der Waals surface area (Å²) in [4.78, 5) is 15.1. The molecule has 1 unspecified atom stereocenters. The molecule has 0 bridgehead atoms. The van der Waals surface area contributed by atoms with Crippen molar-refractivity contribution >= 4 is 60.3 Å². The molecular formula is C47H61ClN6O4S3. The number of anilines is 2. The van der Waals surface area contributed by atoms with Gasteiger partial charge in [0.05, 0.1) is 25.9 Å². The number of rotatable bonds is 14. The molecule has 4 aromatic rings. The lowest BCUT2D eigenvalue weighted by Crippen LogP contribution is -2.47. The predicted octanol–water partition coefficient (Wildman–Crippen LogP) is 9.97. The molecule has 61 heavy (non-hydrogen) atoms. The van der Waals surface area contributed by atoms with E-state index in [1.54, 1.807) is 44.2 Å². The Morgan fingerprint density at radius 3 is 2.34 bits per heavy atom. The molecule has 14 heteroatoms. The second kappa shape index (κ2) is 18.7. The number of halogens is 1. The normalized spacial score (nSPS) is 18.7. The molecule has 328 valence electrons. The number of benzene rings is 3. The van der Waals surface area contributed by atoms with E-state index < -0.39 is 24.6 Å². The molecule has 3 aliphatic rings. The summed E-state index contributed by atoms with van der Waals surface area (Å²) in [5, 5.41) is 4.20. The Kier molecular flexibility index (Phi) is 14.0. The van der Waals surface area contributed by atoms with Crippen LogP contribution in [0.25, 0.3) is 5.57 Å². The maximum absolute atomic E-state index is 14.1. The van der Waals surface area contributed by atoms with Crippen LogP contribution in [0.2, 0.25) is 5.02 Å². The van der Waals surface area contributed by atoms with Crippen LogP contribution in [0.5, 0.6) is 0 Å². The number of sulfonamides is 1. The SMILES string of the molecule is CCC(CSc1ccccc1)Nc1ccc(S(=O)(=O)Nc2ncnc3c2CCN(C2CCN(CC4=C(c5ccc(Cl)cc5)CCC(C)(C)C4)CC2)C3)cc1S(=O)(=O)C(C)(C)C. The molecule has 1 saturated heterocycles. The minimum Gasteiger partial charge on any atom is -0.380 e. The van der Waals surface area contributed by atoms with E-state index in [1.807, 2.05) is 49.4 Å². The number of sulfone groups is 1. The molecule has 3 heterocycles. The first-order chi connectivity index (χ1) is 28.9. The molecule has 2 aliphatic heterocycles. The summed E-state index contributed by atoms with van der Waals surface area (Å²) in [6.07, 6.45) is 8.26. The van der Waals surface area contributed by atoms with Crippen molar-refractivity contribution in [3.05, 3.63) is 107 Å². The van der Waals surface area contributed by atoms with E-state index in [0.717, 1.165) is 79.5 Å². The van der Waals surface area contributed by atoms with Gasteiger partial charge in [0, 0.05) is 53.0 Å². The fourth-order valence-corrected chi connectivity index (χ4v) is 12.5. The van der Waals surface area contributed by atoms with Gasteiger partial charge in [-0.3, -0.25) is 14.5 Å². The molecule has 10 nitrogen and oxygen atoms in total. The summed E-state index contributed by atoms with van der Waals surface area (Å²) in [5.74, 6) is 0.946. The molecule has 0 spiro atoms. The molecule has 0 saturated carbocycles. The van der Waals surface area contributed by atoms with Crippen molar-refractivity contribution in [3.63, 3.8) is 0 Å². The number of fused-ring (bicyclic) bond motifs is 1. The van der Waals surface area contributed by atoms with Crippen LogP contribution in [0.4, 0.5) is 11.5 Å². The Bertz CT molecular complexity index is 2430. The van der Waals surface area contributed by atoms with E-state index >= 15 is 0 Å². The molecule has 1 aromatic heterocycles. The first-order valence-electron chi connectivity index (χ1n) is 21.5. The average Bonchev–Trinajstić information content (AvgIpc) is 3.22. The number of nitrogens with one attached hydrogen (secondary N) is 2. The minimum atomic E-state index is -4.22. The Labute approximate surface area is 373 Å². The number of allylic oxidation sites excluding steroid dienone is 1. The highest BCUT2D eigenvalue weighted by atomic mass is 35.5. The first kappa shape index (κ1) is 45.6. The fourth-order valence-electron chi connectivity index (χ4n) is 8.77. The molecule has 1 aliphatic carbocycles. The summed E-state index contributed by atoms with van der Waals surface area (Å²) < 4.78 is 57.8. The van der Waals surface area contributed by atoms with Crippen LogP contribution in [-0.2, 0) is 32.8 Å². The molecule has 2 N–H and O–H groups in total. The zero-order chi connectivity index (χ0) is 43.6. The van der Waals surface area contributed by atoms with Crippen LogP contribution in [-0.4, -0.2) is 85.4 Å². The third-order valence-electron chi connectivity index (χ3n) is 12.5. The zero-order valence-corrected chi connectivity index (χ0v) is 39.6. The standard InChI is InChI=1S/C47H61ClN6O4S3/c1-7-36(31-59-38-11-9-8-10-12-38)51-42-18-17-39(27-44(42)60(55,56)46(2,3)4)61(57,58)52-45-41-22-26-54(30-43(41)49-32-50-45)37-20-24-53(25-21-37)29-34-28-47(5,6)23-19-40(34)33-13-15-35(48)16-14-33/h8-18,27,32,36-37,51H,7,19-26,28-31H2,1-6H3,(H,49,50,52). The van der Waals surface area contributed by atoms with Gasteiger partial charge in [0.1, 0.15) is 12.1 Å². The van der Waals surface area contributed by atoms with Gasteiger partial charge in [0.25, 0.3) is 10.0 Å². The van der Waals surface area contributed by atoms with Gasteiger partial charge >= 0.3 is 0 Å². The molecule has 0 amide bonds. The monoisotopic (exact) mass is 904 g/mol. The summed E-state index contributed by atoms with van der Waals surface area (Å²) in [5.41, 5.74) is 6.60. The Balaban J connectivity index is 1.03. The van der Waals surface area contributed by atoms with Crippen molar-refractivity contribution in [2.75, 3.05) is 42.0 Å². The quantitative estimate of drug-likeness (QED) is 0.118. The van der Waals surface area contributed by atoms with Gasteiger partial charge in [0.15, 0.2) is 9.84 Å². The Morgan fingerprint density at radius 2 is 1.66 bits per heavy atom. The van der Waals surface area contributed by atoms with Crippen molar-refractivity contribution in [2.45, 2.75) is 125 Å². The maximum Gasteiger partial charge on any atom is 0.263 e. The number of piperidine rings is 1. The number of aromatic nitrogens is 2. The number of likely N-dealkylation sites (tertiary alicyclic amines) is 1. The lowest BCUT2D eigenvalue weighted by molar-refractivity contribution is 0.0997. The first-order valence-corrected chi connectivity index (χ1v) is 25.9. The molecule has 3 aromatic carbocycles. The van der Waals surface area contributed by atoms with Gasteiger partial charge in [0.2, 0.25) is 0 Å². The van der Waals surface area contributed by atoms with Crippen LogP contribution in [0.3, 0.4) is 0 Å². The predicted molar refractivity (Wildman–Crippen MR) is 251 cm³/mol. The van der Waals surface area contributed by atoms with Crippen molar-refractivity contribution in [1.82, 2.24) is 19.8 Å². The van der Waals surface area contributed by atoms with Crippen LogP contribution in [0.15, 0.2) is 99.4 Å². The van der Waals surface area contributed by atoms with E-state index in [0.29, 0.717) is 30.4 Å². The van der Waals surface area contributed by atoms with E-state index in [2.05, 4.69) is 55.8 Å². The van der Waals surface area contributed by atoms with E-state index in [9.17, 15) is 16.8 Å². The highest BCUT2D eigenvalue weighted by Gasteiger charge is 2.36. The van der Waals surface area contributed by atoms with Crippen LogP contribution < -0.4 is 10.0 Å². The maximum atomic E-state index is 14.1. The summed E-state index contributed by atoms with van der Waals surface area (Å²) in [6, 6.07) is 23.1. The number of thioether (sulfide) groups is 1. The van der Waals surface area contributed by atoms with Crippen molar-refractivity contribution in [2.24, 2.45) is 5.41 Å². The van der Waals surface area contributed by atoms with Gasteiger partial charge in [-0.25, -0.2) is 26.8 Å². The Hall–Kier alpha value is -3.46. The van der Waals surface area contributed by atoms with Crippen molar-refractivity contribution < 1.29 is 16.8 Å². The van der Waals surface area contributed by atoms with Crippen LogP contribution >= 0.6 is 23.4 Å².